The Morgan fingerprint density at radius 2 is 1.88 bits per heavy atom. The Hall–Kier alpha value is -0.880. The highest BCUT2D eigenvalue weighted by atomic mass is 31.0. The molecule has 92 valence electrons. The number of aromatic nitrogens is 2. The standard InChI is InChI=1S/C14H21N2P/c1-8(2)13-15-10-6-9(14(3,4)5)12(17)7-11(10)16-13/h6-8H,17H2,1-5H3,(H,15,16). The number of fused-ring (bicyclic) bond motifs is 1. The number of aromatic amines is 1. The van der Waals surface area contributed by atoms with Crippen LogP contribution in [0.3, 0.4) is 0 Å². The van der Waals surface area contributed by atoms with Gasteiger partial charge in [-0.15, -0.1) is 9.24 Å². The Morgan fingerprint density at radius 1 is 1.24 bits per heavy atom. The van der Waals surface area contributed by atoms with Gasteiger partial charge in [0.2, 0.25) is 0 Å². The number of benzene rings is 1. The van der Waals surface area contributed by atoms with Crippen molar-refractivity contribution in [2.24, 2.45) is 0 Å². The van der Waals surface area contributed by atoms with Gasteiger partial charge in [-0.2, -0.15) is 0 Å². The van der Waals surface area contributed by atoms with Crippen molar-refractivity contribution in [2.45, 2.75) is 46.0 Å². The summed E-state index contributed by atoms with van der Waals surface area (Å²) in [5, 5.41) is 1.24. The third-order valence-electron chi connectivity index (χ3n) is 3.03. The summed E-state index contributed by atoms with van der Waals surface area (Å²) in [7, 11) is 2.83. The van der Waals surface area contributed by atoms with Crippen molar-refractivity contribution in [3.05, 3.63) is 23.5 Å². The quantitative estimate of drug-likeness (QED) is 0.769. The van der Waals surface area contributed by atoms with Crippen LogP contribution < -0.4 is 5.30 Å². The average Bonchev–Trinajstić information content (AvgIpc) is 2.57. The second-order valence-electron chi connectivity index (χ2n) is 5.98. The smallest absolute Gasteiger partial charge is 0.109 e. The fraction of sp³-hybridized carbons (Fsp3) is 0.500. The predicted octanol–water partition coefficient (Wildman–Crippen LogP) is 3.48. The van der Waals surface area contributed by atoms with E-state index in [1.54, 1.807) is 0 Å². The Balaban J connectivity index is 2.64. The zero-order valence-corrected chi connectivity index (χ0v) is 12.4. The van der Waals surface area contributed by atoms with Crippen molar-refractivity contribution in [3.63, 3.8) is 0 Å². The van der Waals surface area contributed by atoms with Crippen LogP contribution >= 0.6 is 9.24 Å². The minimum atomic E-state index is 0.161. The number of rotatable bonds is 1. The van der Waals surface area contributed by atoms with Crippen molar-refractivity contribution < 1.29 is 0 Å². The van der Waals surface area contributed by atoms with Gasteiger partial charge in [0.15, 0.2) is 0 Å². The second kappa shape index (κ2) is 4.10. The molecule has 2 aromatic rings. The highest BCUT2D eigenvalue weighted by Crippen LogP contribution is 2.26. The maximum Gasteiger partial charge on any atom is 0.109 e. The number of H-pyrrole nitrogens is 1. The first kappa shape index (κ1) is 12.6. The Labute approximate surface area is 105 Å². The number of imidazole rings is 1. The third-order valence-corrected chi connectivity index (χ3v) is 3.50. The summed E-state index contributed by atoms with van der Waals surface area (Å²) in [4.78, 5) is 8.04. The molecule has 0 saturated carbocycles. The van der Waals surface area contributed by atoms with Crippen LogP contribution in [0.25, 0.3) is 11.0 Å². The molecule has 0 aliphatic rings. The molecule has 2 nitrogen and oxygen atoms in total. The SMILES string of the molecule is CC(C)c1nc2cc(P)c(C(C)(C)C)cc2[nH]1. The van der Waals surface area contributed by atoms with Gasteiger partial charge in [-0.3, -0.25) is 0 Å². The fourth-order valence-electron chi connectivity index (χ4n) is 2.02. The highest BCUT2D eigenvalue weighted by molar-refractivity contribution is 7.27. The molecular weight excluding hydrogens is 227 g/mol. The van der Waals surface area contributed by atoms with Crippen LogP contribution in [0.5, 0.6) is 0 Å². The molecule has 17 heavy (non-hydrogen) atoms. The van der Waals surface area contributed by atoms with Gasteiger partial charge in [0.1, 0.15) is 5.82 Å². The van der Waals surface area contributed by atoms with E-state index in [1.807, 2.05) is 0 Å². The van der Waals surface area contributed by atoms with Gasteiger partial charge in [-0.05, 0) is 28.4 Å². The van der Waals surface area contributed by atoms with E-state index in [1.165, 1.54) is 10.9 Å². The van der Waals surface area contributed by atoms with Gasteiger partial charge in [-0.1, -0.05) is 34.6 Å². The normalized spacial score (nSPS) is 12.6. The molecule has 0 radical (unpaired) electrons. The summed E-state index contributed by atoms with van der Waals surface area (Å²) < 4.78 is 0. The van der Waals surface area contributed by atoms with E-state index in [2.05, 4.69) is 66.0 Å². The molecule has 0 bridgehead atoms. The molecule has 1 heterocycles. The van der Waals surface area contributed by atoms with E-state index in [-0.39, 0.29) is 5.41 Å². The third kappa shape index (κ3) is 2.37. The molecule has 1 atom stereocenters. The lowest BCUT2D eigenvalue weighted by Crippen LogP contribution is -2.18. The second-order valence-corrected chi connectivity index (χ2v) is 6.61. The molecule has 3 heteroatoms. The van der Waals surface area contributed by atoms with Gasteiger partial charge >= 0.3 is 0 Å². The van der Waals surface area contributed by atoms with Crippen molar-refractivity contribution in [1.82, 2.24) is 9.97 Å². The number of nitrogens with one attached hydrogen (secondary N) is 1. The van der Waals surface area contributed by atoms with E-state index in [0.29, 0.717) is 5.92 Å². The van der Waals surface area contributed by atoms with Crippen LogP contribution in [0.1, 0.15) is 51.9 Å². The maximum absolute atomic E-state index is 4.63. The molecule has 0 fully saturated rings. The molecule has 0 saturated heterocycles. The Morgan fingerprint density at radius 3 is 2.41 bits per heavy atom. The molecule has 0 spiro atoms. The van der Waals surface area contributed by atoms with Gasteiger partial charge in [0.25, 0.3) is 0 Å². The summed E-state index contributed by atoms with van der Waals surface area (Å²) in [6.07, 6.45) is 0. The summed E-state index contributed by atoms with van der Waals surface area (Å²) in [5.41, 5.74) is 3.72. The summed E-state index contributed by atoms with van der Waals surface area (Å²) in [6.45, 7) is 11.0. The number of hydrogen-bond donors (Lipinski definition) is 1. The largest absolute Gasteiger partial charge is 0.342 e. The topological polar surface area (TPSA) is 28.7 Å². The van der Waals surface area contributed by atoms with Gasteiger partial charge in [-0.25, -0.2) is 4.98 Å². The van der Waals surface area contributed by atoms with Crippen molar-refractivity contribution in [3.8, 4) is 0 Å². The molecule has 0 aliphatic heterocycles. The van der Waals surface area contributed by atoms with Crippen LogP contribution in [-0.2, 0) is 5.41 Å². The van der Waals surface area contributed by atoms with Crippen LogP contribution in [0.4, 0.5) is 0 Å². The van der Waals surface area contributed by atoms with Crippen molar-refractivity contribution in [2.75, 3.05) is 0 Å². The maximum atomic E-state index is 4.63. The Kier molecular flexibility index (Phi) is 3.03. The van der Waals surface area contributed by atoms with Crippen LogP contribution in [-0.4, -0.2) is 9.97 Å². The van der Waals surface area contributed by atoms with E-state index >= 15 is 0 Å². The summed E-state index contributed by atoms with van der Waals surface area (Å²) >= 11 is 0. The molecule has 1 aromatic carbocycles. The first-order valence-electron chi connectivity index (χ1n) is 6.08. The predicted molar refractivity (Wildman–Crippen MR) is 78.2 cm³/mol. The number of hydrogen-bond acceptors (Lipinski definition) is 1. The van der Waals surface area contributed by atoms with Crippen molar-refractivity contribution in [1.29, 1.82) is 0 Å². The lowest BCUT2D eigenvalue weighted by molar-refractivity contribution is 0.595. The zero-order chi connectivity index (χ0) is 12.8. The van der Waals surface area contributed by atoms with Gasteiger partial charge in [0.05, 0.1) is 11.0 Å². The van der Waals surface area contributed by atoms with E-state index < -0.39 is 0 Å². The molecule has 1 aromatic heterocycles. The first-order chi connectivity index (χ1) is 7.79. The molecule has 1 N–H and O–H groups in total. The van der Waals surface area contributed by atoms with Crippen LogP contribution in [0, 0.1) is 0 Å². The first-order valence-corrected chi connectivity index (χ1v) is 6.66. The molecule has 0 amide bonds. The monoisotopic (exact) mass is 248 g/mol. The van der Waals surface area contributed by atoms with E-state index in [9.17, 15) is 0 Å². The molecular formula is C14H21N2P. The number of nitrogens with zero attached hydrogens (tertiary/aromatic N) is 1. The van der Waals surface area contributed by atoms with E-state index in [4.69, 9.17) is 0 Å². The fourth-order valence-corrected chi connectivity index (χ4v) is 2.69. The summed E-state index contributed by atoms with van der Waals surface area (Å²) in [6, 6.07) is 4.39. The molecule has 1 unspecified atom stereocenters. The average molecular weight is 248 g/mol. The van der Waals surface area contributed by atoms with Gasteiger partial charge < -0.3 is 4.98 Å². The molecule has 2 rings (SSSR count). The Bertz CT molecular complexity index is 547. The minimum absolute atomic E-state index is 0.161. The minimum Gasteiger partial charge on any atom is -0.342 e. The lowest BCUT2D eigenvalue weighted by Gasteiger charge is -2.21. The van der Waals surface area contributed by atoms with Gasteiger partial charge in [0, 0.05) is 5.92 Å². The lowest BCUT2D eigenvalue weighted by atomic mass is 9.87. The van der Waals surface area contributed by atoms with Crippen LogP contribution in [0.2, 0.25) is 0 Å². The highest BCUT2D eigenvalue weighted by Gasteiger charge is 2.18. The van der Waals surface area contributed by atoms with E-state index in [0.717, 1.165) is 16.9 Å². The van der Waals surface area contributed by atoms with Crippen LogP contribution in [0.15, 0.2) is 12.1 Å². The summed E-state index contributed by atoms with van der Waals surface area (Å²) in [5.74, 6) is 1.50. The molecule has 0 aliphatic carbocycles. The van der Waals surface area contributed by atoms with Crippen molar-refractivity contribution >= 4 is 25.6 Å². The zero-order valence-electron chi connectivity index (χ0n) is 11.3.